The van der Waals surface area contributed by atoms with Gasteiger partial charge in [-0.15, -0.1) is 0 Å². The first-order valence-electron chi connectivity index (χ1n) is 6.22. The van der Waals surface area contributed by atoms with Crippen molar-refractivity contribution in [1.29, 1.82) is 0 Å². The SMILES string of the molecule is Cc1cnccc1-c1nc(N)c(Br)c(CC(C)C)n1. The Labute approximate surface area is 121 Å². The molecule has 0 amide bonds. The van der Waals surface area contributed by atoms with E-state index in [-0.39, 0.29) is 0 Å². The molecule has 0 radical (unpaired) electrons. The van der Waals surface area contributed by atoms with Gasteiger partial charge in [-0.25, -0.2) is 9.97 Å². The van der Waals surface area contributed by atoms with E-state index in [1.165, 1.54) is 0 Å². The topological polar surface area (TPSA) is 64.7 Å². The first kappa shape index (κ1) is 13.9. The highest BCUT2D eigenvalue weighted by molar-refractivity contribution is 9.10. The molecule has 0 spiro atoms. The molecule has 19 heavy (non-hydrogen) atoms. The number of pyridine rings is 1. The molecule has 2 N–H and O–H groups in total. The Bertz CT molecular complexity index is 596. The normalized spacial score (nSPS) is 11.0. The van der Waals surface area contributed by atoms with Crippen LogP contribution < -0.4 is 5.73 Å². The van der Waals surface area contributed by atoms with Gasteiger partial charge in [-0.05, 0) is 46.8 Å². The van der Waals surface area contributed by atoms with Gasteiger partial charge in [0, 0.05) is 18.0 Å². The second kappa shape index (κ2) is 5.65. The Hall–Kier alpha value is -1.49. The van der Waals surface area contributed by atoms with Crippen molar-refractivity contribution in [3.05, 3.63) is 34.2 Å². The van der Waals surface area contributed by atoms with Crippen LogP contribution in [0.15, 0.2) is 22.9 Å². The summed E-state index contributed by atoms with van der Waals surface area (Å²) in [7, 11) is 0. The van der Waals surface area contributed by atoms with Crippen LogP contribution in [0.3, 0.4) is 0 Å². The average Bonchev–Trinajstić information content (AvgIpc) is 2.35. The molecule has 0 aliphatic rings. The standard InChI is InChI=1S/C14H17BrN4/c1-8(2)6-11-12(15)13(16)19-14(18-11)10-4-5-17-7-9(10)3/h4-5,7-8H,6H2,1-3H3,(H2,16,18,19). The Balaban J connectivity index is 2.54. The van der Waals surface area contributed by atoms with Crippen LogP contribution in [-0.2, 0) is 6.42 Å². The summed E-state index contributed by atoms with van der Waals surface area (Å²) in [6, 6.07) is 1.91. The maximum atomic E-state index is 5.97. The predicted octanol–water partition coefficient (Wildman–Crippen LogP) is 3.39. The van der Waals surface area contributed by atoms with Crippen LogP contribution >= 0.6 is 15.9 Å². The van der Waals surface area contributed by atoms with Crippen LogP contribution in [0.4, 0.5) is 5.82 Å². The van der Waals surface area contributed by atoms with Crippen LogP contribution in [-0.4, -0.2) is 15.0 Å². The highest BCUT2D eigenvalue weighted by Gasteiger charge is 2.13. The molecule has 0 unspecified atom stereocenters. The molecular formula is C14H17BrN4. The number of hydrogen-bond acceptors (Lipinski definition) is 4. The van der Waals surface area contributed by atoms with Gasteiger partial charge in [-0.1, -0.05) is 13.8 Å². The van der Waals surface area contributed by atoms with Gasteiger partial charge in [-0.3, -0.25) is 4.98 Å². The third-order valence-corrected chi connectivity index (χ3v) is 3.67. The molecule has 0 bridgehead atoms. The van der Waals surface area contributed by atoms with E-state index < -0.39 is 0 Å². The molecule has 0 aliphatic heterocycles. The Morgan fingerprint density at radius 1 is 1.32 bits per heavy atom. The van der Waals surface area contributed by atoms with Gasteiger partial charge in [0.2, 0.25) is 0 Å². The Morgan fingerprint density at radius 3 is 2.68 bits per heavy atom. The first-order valence-corrected chi connectivity index (χ1v) is 7.01. The van der Waals surface area contributed by atoms with Crippen LogP contribution in [0, 0.1) is 12.8 Å². The summed E-state index contributed by atoms with van der Waals surface area (Å²) in [5.74, 6) is 1.66. The van der Waals surface area contributed by atoms with E-state index in [4.69, 9.17) is 5.73 Å². The molecule has 0 atom stereocenters. The lowest BCUT2D eigenvalue weighted by Crippen LogP contribution is -2.06. The lowest BCUT2D eigenvalue weighted by Gasteiger charge is -2.11. The van der Waals surface area contributed by atoms with E-state index in [1.54, 1.807) is 12.4 Å². The fourth-order valence-corrected chi connectivity index (χ4v) is 2.22. The summed E-state index contributed by atoms with van der Waals surface area (Å²) in [4.78, 5) is 13.1. The van der Waals surface area contributed by atoms with Crippen molar-refractivity contribution in [3.63, 3.8) is 0 Å². The monoisotopic (exact) mass is 320 g/mol. The van der Waals surface area contributed by atoms with E-state index >= 15 is 0 Å². The molecular weight excluding hydrogens is 304 g/mol. The van der Waals surface area contributed by atoms with Crippen molar-refractivity contribution in [1.82, 2.24) is 15.0 Å². The van der Waals surface area contributed by atoms with E-state index in [2.05, 4.69) is 44.7 Å². The van der Waals surface area contributed by atoms with Gasteiger partial charge in [0.1, 0.15) is 5.82 Å². The van der Waals surface area contributed by atoms with Gasteiger partial charge in [0.15, 0.2) is 5.82 Å². The fourth-order valence-electron chi connectivity index (χ4n) is 1.88. The molecule has 2 heterocycles. The quantitative estimate of drug-likeness (QED) is 0.941. The number of aryl methyl sites for hydroxylation is 1. The predicted molar refractivity (Wildman–Crippen MR) is 80.7 cm³/mol. The molecule has 0 saturated carbocycles. The van der Waals surface area contributed by atoms with E-state index in [0.29, 0.717) is 17.6 Å². The van der Waals surface area contributed by atoms with Gasteiger partial charge in [0.25, 0.3) is 0 Å². The molecule has 0 saturated heterocycles. The highest BCUT2D eigenvalue weighted by atomic mass is 79.9. The van der Waals surface area contributed by atoms with Crippen molar-refractivity contribution < 1.29 is 0 Å². The van der Waals surface area contributed by atoms with E-state index in [0.717, 1.165) is 27.7 Å². The molecule has 2 rings (SSSR count). The van der Waals surface area contributed by atoms with Gasteiger partial charge in [0.05, 0.1) is 10.2 Å². The van der Waals surface area contributed by atoms with Crippen molar-refractivity contribution >= 4 is 21.7 Å². The van der Waals surface area contributed by atoms with Crippen molar-refractivity contribution in [2.24, 2.45) is 5.92 Å². The molecule has 0 fully saturated rings. The summed E-state index contributed by atoms with van der Waals surface area (Å²) in [5, 5.41) is 0. The summed E-state index contributed by atoms with van der Waals surface area (Å²) in [6.07, 6.45) is 4.41. The maximum absolute atomic E-state index is 5.97. The first-order chi connectivity index (χ1) is 8.99. The Kier molecular flexibility index (Phi) is 4.14. The molecule has 5 heteroatoms. The maximum Gasteiger partial charge on any atom is 0.162 e. The highest BCUT2D eigenvalue weighted by Crippen LogP contribution is 2.27. The fraction of sp³-hybridized carbons (Fsp3) is 0.357. The van der Waals surface area contributed by atoms with E-state index in [9.17, 15) is 0 Å². The van der Waals surface area contributed by atoms with Gasteiger partial charge < -0.3 is 5.73 Å². The zero-order chi connectivity index (χ0) is 14.0. The minimum atomic E-state index is 0.483. The molecule has 0 aliphatic carbocycles. The number of nitrogens with zero attached hydrogens (tertiary/aromatic N) is 3. The van der Waals surface area contributed by atoms with Gasteiger partial charge >= 0.3 is 0 Å². The summed E-state index contributed by atoms with van der Waals surface area (Å²) in [5.41, 5.74) is 8.94. The Morgan fingerprint density at radius 2 is 2.05 bits per heavy atom. The minimum absolute atomic E-state index is 0.483. The number of anilines is 1. The molecule has 4 nitrogen and oxygen atoms in total. The second-order valence-electron chi connectivity index (χ2n) is 4.98. The number of aromatic nitrogens is 3. The largest absolute Gasteiger partial charge is 0.383 e. The molecule has 100 valence electrons. The van der Waals surface area contributed by atoms with Crippen molar-refractivity contribution in [2.75, 3.05) is 5.73 Å². The molecule has 2 aromatic rings. The van der Waals surface area contributed by atoms with Crippen LogP contribution in [0.25, 0.3) is 11.4 Å². The van der Waals surface area contributed by atoms with Crippen LogP contribution in [0.1, 0.15) is 25.1 Å². The number of hydrogen-bond donors (Lipinski definition) is 1. The third-order valence-electron chi connectivity index (χ3n) is 2.81. The number of nitrogens with two attached hydrogens (primary N) is 1. The smallest absolute Gasteiger partial charge is 0.162 e. The lowest BCUT2D eigenvalue weighted by molar-refractivity contribution is 0.633. The second-order valence-corrected chi connectivity index (χ2v) is 5.77. The van der Waals surface area contributed by atoms with Gasteiger partial charge in [-0.2, -0.15) is 0 Å². The average molecular weight is 321 g/mol. The third kappa shape index (κ3) is 3.10. The van der Waals surface area contributed by atoms with Crippen LogP contribution in [0.2, 0.25) is 0 Å². The number of rotatable bonds is 3. The van der Waals surface area contributed by atoms with E-state index in [1.807, 2.05) is 13.0 Å². The number of nitrogen functional groups attached to an aromatic ring is 1. The zero-order valence-electron chi connectivity index (χ0n) is 11.3. The minimum Gasteiger partial charge on any atom is -0.383 e. The summed E-state index contributed by atoms with van der Waals surface area (Å²) < 4.78 is 0.802. The molecule has 0 aromatic carbocycles. The zero-order valence-corrected chi connectivity index (χ0v) is 12.9. The molecule has 2 aromatic heterocycles. The van der Waals surface area contributed by atoms with Crippen molar-refractivity contribution in [2.45, 2.75) is 27.2 Å². The summed E-state index contributed by atoms with van der Waals surface area (Å²) in [6.45, 7) is 6.30. The lowest BCUT2D eigenvalue weighted by atomic mass is 10.1. The summed E-state index contributed by atoms with van der Waals surface area (Å²) >= 11 is 3.47. The van der Waals surface area contributed by atoms with Crippen molar-refractivity contribution in [3.8, 4) is 11.4 Å². The number of halogens is 1. The van der Waals surface area contributed by atoms with Crippen LogP contribution in [0.5, 0.6) is 0 Å².